The van der Waals surface area contributed by atoms with Crippen molar-refractivity contribution in [2.45, 2.75) is 24.7 Å². The fourth-order valence-corrected chi connectivity index (χ4v) is 4.23. The molecular formula is C19H20F3N7O2. The Labute approximate surface area is 175 Å². The molecule has 0 unspecified atom stereocenters. The molecule has 3 aliphatic heterocycles. The second-order valence-corrected chi connectivity index (χ2v) is 7.64. The van der Waals surface area contributed by atoms with Gasteiger partial charge in [0.25, 0.3) is 0 Å². The largest absolute Gasteiger partial charge is 0.416 e. The third-order valence-electron chi connectivity index (χ3n) is 5.71. The number of hydrogen-bond donors (Lipinski definition) is 1. The first-order chi connectivity index (χ1) is 14.9. The highest BCUT2D eigenvalue weighted by molar-refractivity contribution is 6.04. The molecule has 0 aliphatic carbocycles. The van der Waals surface area contributed by atoms with Crippen molar-refractivity contribution >= 4 is 29.2 Å². The average Bonchev–Trinajstić information content (AvgIpc) is 3.18. The number of hydrogen-bond acceptors (Lipinski definition) is 7. The highest BCUT2D eigenvalue weighted by atomic mass is 19.4. The van der Waals surface area contributed by atoms with E-state index in [1.54, 1.807) is 15.9 Å². The van der Waals surface area contributed by atoms with Crippen molar-refractivity contribution in [1.82, 2.24) is 15.0 Å². The summed E-state index contributed by atoms with van der Waals surface area (Å²) in [5, 5.41) is 2.73. The fourth-order valence-electron chi connectivity index (χ4n) is 4.23. The zero-order chi connectivity index (χ0) is 21.6. The van der Waals surface area contributed by atoms with Gasteiger partial charge in [-0.2, -0.15) is 13.2 Å². The summed E-state index contributed by atoms with van der Waals surface area (Å²) in [6, 6.07) is 3.04. The summed E-state index contributed by atoms with van der Waals surface area (Å²) in [7, 11) is 0. The van der Waals surface area contributed by atoms with E-state index >= 15 is 0 Å². The number of ether oxygens (including phenoxy) is 1. The number of amides is 2. The molecule has 0 radical (unpaired) electrons. The van der Waals surface area contributed by atoms with E-state index in [0.29, 0.717) is 24.0 Å². The maximum absolute atomic E-state index is 13.1. The van der Waals surface area contributed by atoms with Crippen LogP contribution < -0.4 is 20.0 Å². The second-order valence-electron chi connectivity index (χ2n) is 7.64. The van der Waals surface area contributed by atoms with Gasteiger partial charge in [-0.3, -0.25) is 15.2 Å². The molecule has 2 saturated heterocycles. The first kappa shape index (κ1) is 19.8. The van der Waals surface area contributed by atoms with Gasteiger partial charge >= 0.3 is 12.2 Å². The molecule has 5 rings (SSSR count). The Hall–Kier alpha value is -3.15. The number of carbonyl (C=O) groups excluding carboxylic acids is 1. The molecule has 1 N–H and O–H groups in total. The van der Waals surface area contributed by atoms with Gasteiger partial charge in [-0.1, -0.05) is 0 Å². The van der Waals surface area contributed by atoms with Crippen LogP contribution in [-0.4, -0.2) is 72.1 Å². The molecule has 164 valence electrons. The van der Waals surface area contributed by atoms with Gasteiger partial charge < -0.3 is 14.5 Å². The lowest BCUT2D eigenvalue weighted by atomic mass is 10.2. The molecule has 9 nitrogen and oxygen atoms in total. The number of pyridine rings is 1. The zero-order valence-electron chi connectivity index (χ0n) is 16.4. The molecule has 2 fully saturated rings. The summed E-state index contributed by atoms with van der Waals surface area (Å²) in [5.41, 5.74) is 0.785. The van der Waals surface area contributed by atoms with Crippen LogP contribution in [0.1, 0.15) is 6.42 Å². The lowest BCUT2D eigenvalue weighted by Crippen LogP contribution is -2.50. The van der Waals surface area contributed by atoms with Gasteiger partial charge in [0.05, 0.1) is 31.1 Å². The number of alkyl halides is 3. The molecule has 2 atom stereocenters. The summed E-state index contributed by atoms with van der Waals surface area (Å²) in [5.74, 6) is 1.13. The number of fused-ring (bicyclic) bond motifs is 4. The van der Waals surface area contributed by atoms with Crippen molar-refractivity contribution in [3.63, 3.8) is 0 Å². The van der Waals surface area contributed by atoms with Gasteiger partial charge in [0.1, 0.15) is 5.82 Å². The fraction of sp³-hybridized carbons (Fsp3) is 0.474. The van der Waals surface area contributed by atoms with Crippen LogP contribution in [0.2, 0.25) is 0 Å². The average molecular weight is 435 g/mol. The number of nitrogens with zero attached hydrogens (tertiary/aromatic N) is 6. The quantitative estimate of drug-likeness (QED) is 0.775. The Morgan fingerprint density at radius 1 is 1.16 bits per heavy atom. The number of morpholine rings is 1. The summed E-state index contributed by atoms with van der Waals surface area (Å²) in [6.45, 7) is 1.36. The van der Waals surface area contributed by atoms with E-state index in [-0.39, 0.29) is 25.7 Å². The van der Waals surface area contributed by atoms with E-state index in [0.717, 1.165) is 18.7 Å². The lowest BCUT2D eigenvalue weighted by molar-refractivity contribution is -0.221. The van der Waals surface area contributed by atoms with E-state index in [2.05, 4.69) is 25.2 Å². The molecule has 0 spiro atoms. The summed E-state index contributed by atoms with van der Waals surface area (Å²) in [4.78, 5) is 31.0. The van der Waals surface area contributed by atoms with Crippen LogP contribution in [0, 0.1) is 0 Å². The third kappa shape index (κ3) is 3.71. The lowest BCUT2D eigenvalue weighted by Gasteiger charge is -2.38. The normalized spacial score (nSPS) is 23.0. The molecule has 31 heavy (non-hydrogen) atoms. The number of nitrogens with one attached hydrogen (secondary N) is 1. The van der Waals surface area contributed by atoms with Gasteiger partial charge in [0.2, 0.25) is 0 Å². The highest BCUT2D eigenvalue weighted by Crippen LogP contribution is 2.40. The minimum absolute atomic E-state index is 0.0471. The number of anilines is 4. The van der Waals surface area contributed by atoms with Crippen molar-refractivity contribution in [2.75, 3.05) is 52.8 Å². The number of aromatic nitrogens is 3. The highest BCUT2D eigenvalue weighted by Gasteiger charge is 2.44. The third-order valence-corrected chi connectivity index (χ3v) is 5.71. The van der Waals surface area contributed by atoms with Crippen LogP contribution in [0.3, 0.4) is 0 Å². The first-order valence-electron chi connectivity index (χ1n) is 9.95. The minimum atomic E-state index is -4.44. The number of urea groups is 1. The van der Waals surface area contributed by atoms with Gasteiger partial charge in [-0.05, 0) is 18.6 Å². The monoisotopic (exact) mass is 435 g/mol. The molecule has 2 bridgehead atoms. The van der Waals surface area contributed by atoms with Crippen LogP contribution >= 0.6 is 0 Å². The molecule has 3 aliphatic rings. The zero-order valence-corrected chi connectivity index (χ0v) is 16.4. The van der Waals surface area contributed by atoms with Gasteiger partial charge in [-0.15, -0.1) is 0 Å². The maximum atomic E-state index is 13.1. The van der Waals surface area contributed by atoms with Crippen molar-refractivity contribution in [3.8, 4) is 0 Å². The smallest absolute Gasteiger partial charge is 0.366 e. The predicted molar refractivity (Wildman–Crippen MR) is 106 cm³/mol. The Morgan fingerprint density at radius 2 is 2.03 bits per heavy atom. The summed E-state index contributed by atoms with van der Waals surface area (Å²) >= 11 is 0. The molecule has 0 saturated carbocycles. The molecule has 12 heteroatoms. The molecule has 2 amide bonds. The van der Waals surface area contributed by atoms with Crippen molar-refractivity contribution in [1.29, 1.82) is 0 Å². The minimum Gasteiger partial charge on any atom is -0.366 e. The number of carbonyl (C=O) groups is 1. The number of halogens is 3. The van der Waals surface area contributed by atoms with E-state index in [1.807, 2.05) is 6.07 Å². The Bertz CT molecular complexity index is 975. The van der Waals surface area contributed by atoms with Gasteiger partial charge in [-0.25, -0.2) is 14.8 Å². The van der Waals surface area contributed by atoms with Crippen LogP contribution in [0.5, 0.6) is 0 Å². The number of rotatable bonds is 2. The van der Waals surface area contributed by atoms with E-state index in [9.17, 15) is 18.0 Å². The maximum Gasteiger partial charge on any atom is 0.416 e. The van der Waals surface area contributed by atoms with Crippen molar-refractivity contribution < 1.29 is 22.7 Å². The Morgan fingerprint density at radius 3 is 2.81 bits per heavy atom. The van der Waals surface area contributed by atoms with Gasteiger partial charge in [0.15, 0.2) is 17.7 Å². The topological polar surface area (TPSA) is 86.7 Å². The Kier molecular flexibility index (Phi) is 4.80. The van der Waals surface area contributed by atoms with Gasteiger partial charge in [0, 0.05) is 32.0 Å². The second kappa shape index (κ2) is 7.52. The molecule has 2 aromatic heterocycles. The van der Waals surface area contributed by atoms with E-state index in [4.69, 9.17) is 4.74 Å². The van der Waals surface area contributed by atoms with Crippen LogP contribution in [-0.2, 0) is 4.74 Å². The van der Waals surface area contributed by atoms with Crippen molar-refractivity contribution in [2.24, 2.45) is 0 Å². The Balaban J connectivity index is 1.45. The predicted octanol–water partition coefficient (Wildman–Crippen LogP) is 2.27. The summed E-state index contributed by atoms with van der Waals surface area (Å²) < 4.78 is 44.3. The molecule has 5 heterocycles. The van der Waals surface area contributed by atoms with Crippen LogP contribution in [0.25, 0.3) is 0 Å². The molecule has 2 aromatic rings. The molecular weight excluding hydrogens is 415 g/mol. The molecule has 0 aromatic carbocycles. The first-order valence-corrected chi connectivity index (χ1v) is 9.95. The van der Waals surface area contributed by atoms with E-state index in [1.165, 1.54) is 18.6 Å². The van der Waals surface area contributed by atoms with Crippen LogP contribution in [0.4, 0.5) is 41.1 Å². The van der Waals surface area contributed by atoms with Crippen LogP contribution in [0.15, 0.2) is 30.7 Å². The SMILES string of the molecule is O=C(Nc1cnccn1)N1c2nc(N3CCO[C@H](C(F)(F)F)C3)ccc2N2CC[C@H]1C2. The van der Waals surface area contributed by atoms with E-state index < -0.39 is 18.3 Å². The van der Waals surface area contributed by atoms with Crippen molar-refractivity contribution in [3.05, 3.63) is 30.7 Å². The summed E-state index contributed by atoms with van der Waals surface area (Å²) in [6.07, 6.45) is -1.12. The standard InChI is InChI=1S/C19H20F3N7O2/c20-19(21,22)14-11-28(7-8-31-14)16-2-1-13-17(26-16)29(12-3-6-27(13)10-12)18(30)25-15-9-23-4-5-24-15/h1-2,4-5,9,12,14H,3,6-8,10-11H2,(H,24,25,30)/t12-,14-/m0/s1.